The number of thiazole rings is 1. The van der Waals surface area contributed by atoms with Gasteiger partial charge < -0.3 is 5.32 Å². The first-order valence-electron chi connectivity index (χ1n) is 7.30. The molecule has 3 nitrogen and oxygen atoms in total. The summed E-state index contributed by atoms with van der Waals surface area (Å²) in [6, 6.07) is 10.4. The highest BCUT2D eigenvalue weighted by Gasteiger charge is 2.11. The van der Waals surface area contributed by atoms with Gasteiger partial charge in [-0.1, -0.05) is 19.4 Å². The molecule has 0 atom stereocenters. The fourth-order valence-corrected chi connectivity index (χ4v) is 3.56. The Morgan fingerprint density at radius 2 is 2.14 bits per heavy atom. The normalized spacial score (nSPS) is 11.1. The topological polar surface area (TPSA) is 37.8 Å². The minimum Gasteiger partial charge on any atom is -0.315 e. The van der Waals surface area contributed by atoms with Gasteiger partial charge in [0.25, 0.3) is 0 Å². The van der Waals surface area contributed by atoms with Crippen LogP contribution in [0.1, 0.15) is 23.9 Å². The molecule has 0 bridgehead atoms. The van der Waals surface area contributed by atoms with Crippen LogP contribution in [0.2, 0.25) is 0 Å². The maximum Gasteiger partial charge on any atom is 0.123 e. The number of benzene rings is 1. The van der Waals surface area contributed by atoms with Crippen molar-refractivity contribution in [3.63, 3.8) is 0 Å². The molecule has 0 radical (unpaired) electrons. The highest BCUT2D eigenvalue weighted by molar-refractivity contribution is 7.15. The van der Waals surface area contributed by atoms with Crippen molar-refractivity contribution in [1.29, 1.82) is 0 Å². The molecule has 0 aliphatic heterocycles. The van der Waals surface area contributed by atoms with Crippen molar-refractivity contribution in [2.24, 2.45) is 0 Å². The first kappa shape index (κ1) is 14.2. The average molecular weight is 297 g/mol. The highest BCUT2D eigenvalue weighted by atomic mass is 32.1. The zero-order valence-electron chi connectivity index (χ0n) is 12.4. The third-order valence-electron chi connectivity index (χ3n) is 3.45. The summed E-state index contributed by atoms with van der Waals surface area (Å²) in [5.41, 5.74) is 3.44. The molecule has 0 spiro atoms. The molecule has 4 heteroatoms. The number of fused-ring (bicyclic) bond motifs is 1. The Morgan fingerprint density at radius 1 is 1.24 bits per heavy atom. The van der Waals surface area contributed by atoms with E-state index >= 15 is 0 Å². The zero-order valence-corrected chi connectivity index (χ0v) is 13.2. The summed E-state index contributed by atoms with van der Waals surface area (Å²) in [6.45, 7) is 3.09. The van der Waals surface area contributed by atoms with Crippen molar-refractivity contribution in [2.45, 2.75) is 26.3 Å². The van der Waals surface area contributed by atoms with Crippen LogP contribution in [0.15, 0.2) is 36.5 Å². The van der Waals surface area contributed by atoms with Crippen LogP contribution in [0.3, 0.4) is 0 Å². The second-order valence-corrected chi connectivity index (χ2v) is 6.16. The molecule has 1 aromatic carbocycles. The first-order valence-corrected chi connectivity index (χ1v) is 8.11. The Labute approximate surface area is 129 Å². The number of rotatable bonds is 5. The number of pyridine rings is 1. The number of aromatic nitrogens is 2. The molecule has 21 heavy (non-hydrogen) atoms. The van der Waals surface area contributed by atoms with Gasteiger partial charge in [-0.2, -0.15) is 0 Å². The predicted molar refractivity (Wildman–Crippen MR) is 89.6 cm³/mol. The van der Waals surface area contributed by atoms with Crippen LogP contribution in [-0.4, -0.2) is 17.0 Å². The van der Waals surface area contributed by atoms with Crippen LogP contribution >= 0.6 is 11.3 Å². The summed E-state index contributed by atoms with van der Waals surface area (Å²) < 4.78 is 0. The van der Waals surface area contributed by atoms with E-state index in [2.05, 4.69) is 41.5 Å². The second kappa shape index (κ2) is 6.33. The molecule has 108 valence electrons. The van der Waals surface area contributed by atoms with E-state index in [0.29, 0.717) is 0 Å². The van der Waals surface area contributed by atoms with Crippen LogP contribution in [-0.2, 0) is 13.0 Å². The summed E-state index contributed by atoms with van der Waals surface area (Å²) in [6.07, 6.45) is 4.00. The van der Waals surface area contributed by atoms with Crippen LogP contribution in [0, 0.1) is 0 Å². The first-order chi connectivity index (χ1) is 10.3. The standard InChI is InChI=1S/C17H19N3S/c1-3-5-15-16(11-18-2)21-17(20-15)13-7-8-14-12(10-13)6-4-9-19-14/h4,6-10,18H,3,5,11H2,1-2H3. The van der Waals surface area contributed by atoms with Gasteiger partial charge in [0.2, 0.25) is 0 Å². The molecule has 2 aromatic heterocycles. The average Bonchev–Trinajstić information content (AvgIpc) is 2.91. The SMILES string of the molecule is CCCc1nc(-c2ccc3ncccc3c2)sc1CNC. The lowest BCUT2D eigenvalue weighted by Crippen LogP contribution is -2.05. The van der Waals surface area contributed by atoms with E-state index < -0.39 is 0 Å². The van der Waals surface area contributed by atoms with Crippen molar-refractivity contribution in [2.75, 3.05) is 7.05 Å². The molecule has 3 rings (SSSR count). The number of nitrogens with zero attached hydrogens (tertiary/aromatic N) is 2. The van der Waals surface area contributed by atoms with Gasteiger partial charge in [-0.3, -0.25) is 4.98 Å². The Hall–Kier alpha value is -1.78. The zero-order chi connectivity index (χ0) is 14.7. The summed E-state index contributed by atoms with van der Waals surface area (Å²) in [4.78, 5) is 10.6. The van der Waals surface area contributed by atoms with Crippen molar-refractivity contribution in [1.82, 2.24) is 15.3 Å². The molecule has 3 aromatic rings. The third-order valence-corrected chi connectivity index (χ3v) is 4.60. The predicted octanol–water partition coefficient (Wildman–Crippen LogP) is 4.03. The molecule has 0 amide bonds. The number of aryl methyl sites for hydroxylation is 1. The lowest BCUT2D eigenvalue weighted by Gasteiger charge is -1.99. The molecule has 0 saturated heterocycles. The summed E-state index contributed by atoms with van der Waals surface area (Å²) >= 11 is 1.79. The maximum atomic E-state index is 4.85. The molecule has 0 unspecified atom stereocenters. The molecule has 0 fully saturated rings. The van der Waals surface area contributed by atoms with E-state index in [-0.39, 0.29) is 0 Å². The minimum atomic E-state index is 0.891. The lowest BCUT2D eigenvalue weighted by molar-refractivity contribution is 0.798. The van der Waals surface area contributed by atoms with Gasteiger partial charge in [-0.15, -0.1) is 11.3 Å². The van der Waals surface area contributed by atoms with Gasteiger partial charge in [0.1, 0.15) is 5.01 Å². The molecule has 2 heterocycles. The lowest BCUT2D eigenvalue weighted by atomic mass is 10.1. The Bertz CT molecular complexity index is 725. The van der Waals surface area contributed by atoms with Gasteiger partial charge in [0.15, 0.2) is 0 Å². The Balaban J connectivity index is 2.02. The number of hydrogen-bond donors (Lipinski definition) is 1. The van der Waals surface area contributed by atoms with E-state index in [4.69, 9.17) is 4.98 Å². The van der Waals surface area contributed by atoms with Crippen LogP contribution in [0.5, 0.6) is 0 Å². The van der Waals surface area contributed by atoms with E-state index in [1.807, 2.05) is 19.3 Å². The van der Waals surface area contributed by atoms with Crippen molar-refractivity contribution in [3.05, 3.63) is 47.1 Å². The van der Waals surface area contributed by atoms with Crippen LogP contribution in [0.4, 0.5) is 0 Å². The molecule has 0 aliphatic rings. The fraction of sp³-hybridized carbons (Fsp3) is 0.294. The summed E-state index contributed by atoms with van der Waals surface area (Å²) in [5.74, 6) is 0. The maximum absolute atomic E-state index is 4.85. The molecule has 1 N–H and O–H groups in total. The van der Waals surface area contributed by atoms with E-state index in [1.165, 1.54) is 16.1 Å². The third kappa shape index (κ3) is 2.96. The largest absolute Gasteiger partial charge is 0.315 e. The van der Waals surface area contributed by atoms with Gasteiger partial charge in [-0.05, 0) is 37.7 Å². The second-order valence-electron chi connectivity index (χ2n) is 5.08. The highest BCUT2D eigenvalue weighted by Crippen LogP contribution is 2.30. The van der Waals surface area contributed by atoms with Crippen molar-refractivity contribution >= 4 is 22.2 Å². The Morgan fingerprint density at radius 3 is 2.95 bits per heavy atom. The van der Waals surface area contributed by atoms with Gasteiger partial charge in [-0.25, -0.2) is 4.98 Å². The molecular formula is C17H19N3S. The summed E-state index contributed by atoms with van der Waals surface area (Å²) in [7, 11) is 1.98. The molecule has 0 saturated carbocycles. The van der Waals surface area contributed by atoms with Crippen LogP contribution in [0.25, 0.3) is 21.5 Å². The summed E-state index contributed by atoms with van der Waals surface area (Å²) in [5, 5.41) is 5.51. The quantitative estimate of drug-likeness (QED) is 0.772. The van der Waals surface area contributed by atoms with E-state index in [9.17, 15) is 0 Å². The fourth-order valence-electron chi connectivity index (χ4n) is 2.45. The Kier molecular flexibility index (Phi) is 4.27. The van der Waals surface area contributed by atoms with E-state index in [1.54, 1.807) is 11.3 Å². The number of hydrogen-bond acceptors (Lipinski definition) is 4. The van der Waals surface area contributed by atoms with E-state index in [0.717, 1.165) is 35.3 Å². The molecular weight excluding hydrogens is 278 g/mol. The van der Waals surface area contributed by atoms with Gasteiger partial charge >= 0.3 is 0 Å². The van der Waals surface area contributed by atoms with Crippen LogP contribution < -0.4 is 5.32 Å². The van der Waals surface area contributed by atoms with Crippen molar-refractivity contribution < 1.29 is 0 Å². The van der Waals surface area contributed by atoms with Crippen molar-refractivity contribution in [3.8, 4) is 10.6 Å². The van der Waals surface area contributed by atoms with Gasteiger partial charge in [0.05, 0.1) is 11.2 Å². The monoisotopic (exact) mass is 297 g/mol. The minimum absolute atomic E-state index is 0.891. The van der Waals surface area contributed by atoms with Gasteiger partial charge in [0, 0.05) is 28.6 Å². The number of nitrogens with one attached hydrogen (secondary N) is 1. The smallest absolute Gasteiger partial charge is 0.123 e. The molecule has 0 aliphatic carbocycles.